The van der Waals surface area contributed by atoms with E-state index in [2.05, 4.69) is 20.1 Å². The van der Waals surface area contributed by atoms with E-state index >= 15 is 0 Å². The Kier molecular flexibility index (Phi) is 4.39. The number of carbonyl (C=O) groups excluding carboxylic acids is 1. The van der Waals surface area contributed by atoms with E-state index in [4.69, 9.17) is 9.51 Å². The Morgan fingerprint density at radius 1 is 1.19 bits per heavy atom. The first-order valence-corrected chi connectivity index (χ1v) is 8.90. The molecule has 0 radical (unpaired) electrons. The van der Waals surface area contributed by atoms with Gasteiger partial charge in [-0.2, -0.15) is 0 Å². The molecule has 1 aliphatic rings. The van der Waals surface area contributed by atoms with Crippen LogP contribution in [0.2, 0.25) is 0 Å². The molecule has 3 aromatic heterocycles. The van der Waals surface area contributed by atoms with Gasteiger partial charge in [0.1, 0.15) is 11.6 Å². The van der Waals surface area contributed by atoms with Gasteiger partial charge in [-0.3, -0.25) is 4.79 Å². The third kappa shape index (κ3) is 3.18. The summed E-state index contributed by atoms with van der Waals surface area (Å²) in [5.74, 6) is 1.82. The smallest absolute Gasteiger partial charge is 0.257 e. The Balaban J connectivity index is 1.65. The van der Waals surface area contributed by atoms with Crippen LogP contribution in [0.15, 0.2) is 29.2 Å². The van der Waals surface area contributed by atoms with Gasteiger partial charge in [0.25, 0.3) is 5.91 Å². The SMILES string of the molecule is Cc1ncc(C(=O)N2CCC[C@H]2c2ccnc(-c3c(C)noc3C)n2)cn1. The van der Waals surface area contributed by atoms with Gasteiger partial charge in [0.15, 0.2) is 5.82 Å². The van der Waals surface area contributed by atoms with Gasteiger partial charge in [-0.05, 0) is 39.7 Å². The molecule has 8 nitrogen and oxygen atoms in total. The highest BCUT2D eigenvalue weighted by atomic mass is 16.5. The summed E-state index contributed by atoms with van der Waals surface area (Å²) in [4.78, 5) is 32.2. The molecule has 4 rings (SSSR count). The molecule has 8 heteroatoms. The van der Waals surface area contributed by atoms with Crippen molar-refractivity contribution >= 4 is 5.91 Å². The Bertz CT molecular complexity index is 963. The fourth-order valence-electron chi connectivity index (χ4n) is 3.47. The highest BCUT2D eigenvalue weighted by molar-refractivity contribution is 5.94. The fourth-order valence-corrected chi connectivity index (χ4v) is 3.47. The number of hydrogen-bond acceptors (Lipinski definition) is 7. The Morgan fingerprint density at radius 2 is 1.96 bits per heavy atom. The molecule has 27 heavy (non-hydrogen) atoms. The largest absolute Gasteiger partial charge is 0.361 e. The van der Waals surface area contributed by atoms with Crippen LogP contribution in [-0.2, 0) is 0 Å². The summed E-state index contributed by atoms with van der Waals surface area (Å²) in [7, 11) is 0. The van der Waals surface area contributed by atoms with Crippen LogP contribution >= 0.6 is 0 Å². The van der Waals surface area contributed by atoms with E-state index in [0.29, 0.717) is 29.5 Å². The number of likely N-dealkylation sites (tertiary alicyclic amines) is 1. The normalized spacial score (nSPS) is 16.7. The molecular weight excluding hydrogens is 344 g/mol. The van der Waals surface area contributed by atoms with Crippen molar-refractivity contribution < 1.29 is 9.32 Å². The highest BCUT2D eigenvalue weighted by Gasteiger charge is 2.32. The standard InChI is InChI=1S/C19H20N6O2/c1-11-17(12(2)27-24-11)18-20-7-6-15(23-18)16-5-4-8-25(16)19(26)14-9-21-13(3)22-10-14/h6-7,9-10,16H,4-5,8H2,1-3H3/t16-/m0/s1. The lowest BCUT2D eigenvalue weighted by atomic mass is 10.1. The van der Waals surface area contributed by atoms with Crippen molar-refractivity contribution in [2.75, 3.05) is 6.54 Å². The summed E-state index contributed by atoms with van der Waals surface area (Å²) in [6, 6.07) is 1.77. The molecule has 1 atom stereocenters. The second-order valence-corrected chi connectivity index (χ2v) is 6.68. The van der Waals surface area contributed by atoms with Crippen molar-refractivity contribution in [1.82, 2.24) is 30.0 Å². The summed E-state index contributed by atoms with van der Waals surface area (Å²) >= 11 is 0. The van der Waals surface area contributed by atoms with Crippen molar-refractivity contribution in [3.8, 4) is 11.4 Å². The van der Waals surface area contributed by atoms with Crippen LogP contribution in [0.1, 0.15) is 52.2 Å². The molecule has 0 bridgehead atoms. The van der Waals surface area contributed by atoms with Gasteiger partial charge >= 0.3 is 0 Å². The van der Waals surface area contributed by atoms with E-state index in [1.54, 1.807) is 25.5 Å². The molecule has 3 aromatic rings. The average Bonchev–Trinajstić information content (AvgIpc) is 3.29. The lowest BCUT2D eigenvalue weighted by Gasteiger charge is -2.24. The maximum absolute atomic E-state index is 12.9. The monoisotopic (exact) mass is 364 g/mol. The lowest BCUT2D eigenvalue weighted by molar-refractivity contribution is 0.0732. The second kappa shape index (κ2) is 6.86. The maximum atomic E-state index is 12.9. The molecule has 0 unspecified atom stereocenters. The summed E-state index contributed by atoms with van der Waals surface area (Å²) < 4.78 is 5.23. The quantitative estimate of drug-likeness (QED) is 0.705. The van der Waals surface area contributed by atoms with Crippen LogP contribution in [0.4, 0.5) is 0 Å². The van der Waals surface area contributed by atoms with Crippen molar-refractivity contribution in [3.05, 3.63) is 53.2 Å². The highest BCUT2D eigenvalue weighted by Crippen LogP contribution is 2.33. The average molecular weight is 364 g/mol. The van der Waals surface area contributed by atoms with Gasteiger partial charge in [-0.1, -0.05) is 5.16 Å². The van der Waals surface area contributed by atoms with Crippen LogP contribution in [-0.4, -0.2) is 42.4 Å². The molecule has 0 saturated carbocycles. The van der Waals surface area contributed by atoms with Gasteiger partial charge in [-0.15, -0.1) is 0 Å². The number of aryl methyl sites for hydroxylation is 3. The molecule has 1 aliphatic heterocycles. The summed E-state index contributed by atoms with van der Waals surface area (Å²) in [6.45, 7) is 6.19. The molecule has 0 N–H and O–H groups in total. The minimum Gasteiger partial charge on any atom is -0.361 e. The predicted octanol–water partition coefficient (Wildman–Crippen LogP) is 2.82. The Labute approximate surface area is 156 Å². The van der Waals surface area contributed by atoms with E-state index in [9.17, 15) is 4.79 Å². The zero-order valence-corrected chi connectivity index (χ0v) is 15.5. The van der Waals surface area contributed by atoms with E-state index < -0.39 is 0 Å². The van der Waals surface area contributed by atoms with E-state index in [1.165, 1.54) is 0 Å². The zero-order chi connectivity index (χ0) is 19.0. The van der Waals surface area contributed by atoms with Crippen molar-refractivity contribution in [2.24, 2.45) is 0 Å². The molecule has 0 spiro atoms. The number of hydrogen-bond donors (Lipinski definition) is 0. The summed E-state index contributed by atoms with van der Waals surface area (Å²) in [6.07, 6.45) is 6.66. The zero-order valence-electron chi connectivity index (χ0n) is 15.5. The van der Waals surface area contributed by atoms with E-state index in [0.717, 1.165) is 29.8 Å². The minimum atomic E-state index is -0.0963. The Morgan fingerprint density at radius 3 is 2.67 bits per heavy atom. The minimum absolute atomic E-state index is 0.0741. The third-order valence-electron chi connectivity index (χ3n) is 4.82. The van der Waals surface area contributed by atoms with Gasteiger partial charge in [0, 0.05) is 25.1 Å². The molecule has 138 valence electrons. The lowest BCUT2D eigenvalue weighted by Crippen LogP contribution is -2.31. The number of rotatable bonds is 3. The predicted molar refractivity (Wildman–Crippen MR) is 96.8 cm³/mol. The van der Waals surface area contributed by atoms with Gasteiger partial charge < -0.3 is 9.42 Å². The van der Waals surface area contributed by atoms with Gasteiger partial charge in [0.05, 0.1) is 28.6 Å². The van der Waals surface area contributed by atoms with Crippen LogP contribution in [0.3, 0.4) is 0 Å². The summed E-state index contributed by atoms with van der Waals surface area (Å²) in [5, 5.41) is 3.98. The van der Waals surface area contributed by atoms with E-state index in [1.807, 2.05) is 24.8 Å². The van der Waals surface area contributed by atoms with Crippen LogP contribution in [0.25, 0.3) is 11.4 Å². The molecule has 0 aromatic carbocycles. The number of aromatic nitrogens is 5. The first-order valence-electron chi connectivity index (χ1n) is 8.90. The first-order chi connectivity index (χ1) is 13.0. The van der Waals surface area contributed by atoms with Gasteiger partial charge in [0.2, 0.25) is 0 Å². The van der Waals surface area contributed by atoms with Crippen molar-refractivity contribution in [3.63, 3.8) is 0 Å². The van der Waals surface area contributed by atoms with Gasteiger partial charge in [-0.25, -0.2) is 19.9 Å². The molecule has 1 amide bonds. The van der Waals surface area contributed by atoms with E-state index in [-0.39, 0.29) is 11.9 Å². The number of amides is 1. The van der Waals surface area contributed by atoms with Crippen molar-refractivity contribution in [2.45, 2.75) is 39.7 Å². The molecule has 1 fully saturated rings. The molecule has 4 heterocycles. The number of carbonyl (C=O) groups is 1. The first kappa shape index (κ1) is 17.3. The topological polar surface area (TPSA) is 97.9 Å². The van der Waals surface area contributed by atoms with Crippen LogP contribution in [0, 0.1) is 20.8 Å². The summed E-state index contributed by atoms with van der Waals surface area (Å²) in [5.41, 5.74) is 2.87. The van der Waals surface area contributed by atoms with Crippen molar-refractivity contribution in [1.29, 1.82) is 0 Å². The molecule has 0 aliphatic carbocycles. The second-order valence-electron chi connectivity index (χ2n) is 6.68. The van der Waals surface area contributed by atoms with Crippen LogP contribution in [0.5, 0.6) is 0 Å². The molecular formula is C19H20N6O2. The number of nitrogens with zero attached hydrogens (tertiary/aromatic N) is 6. The Hall–Kier alpha value is -3.16. The molecule has 1 saturated heterocycles. The fraction of sp³-hybridized carbons (Fsp3) is 0.368. The van der Waals surface area contributed by atoms with Crippen LogP contribution < -0.4 is 0 Å². The maximum Gasteiger partial charge on any atom is 0.257 e. The third-order valence-corrected chi connectivity index (χ3v) is 4.82.